The summed E-state index contributed by atoms with van der Waals surface area (Å²) in [5.74, 6) is 0.254. The van der Waals surface area contributed by atoms with Gasteiger partial charge in [-0.15, -0.1) is 0 Å². The first-order valence-corrected chi connectivity index (χ1v) is 8.58. The van der Waals surface area contributed by atoms with Crippen molar-refractivity contribution in [1.29, 1.82) is 0 Å². The predicted octanol–water partition coefficient (Wildman–Crippen LogP) is 3.60. The van der Waals surface area contributed by atoms with E-state index in [-0.39, 0.29) is 5.91 Å². The number of hydrogen-bond donors (Lipinski definition) is 0. The number of nitrogens with zero attached hydrogens (tertiary/aromatic N) is 3. The average Bonchev–Trinajstić information content (AvgIpc) is 3.09. The fourth-order valence-electron chi connectivity index (χ4n) is 3.31. The van der Waals surface area contributed by atoms with E-state index >= 15 is 0 Å². The summed E-state index contributed by atoms with van der Waals surface area (Å²) in [6, 6.07) is 10.5. The molecule has 1 saturated carbocycles. The van der Waals surface area contributed by atoms with Crippen molar-refractivity contribution < 1.29 is 4.79 Å². The summed E-state index contributed by atoms with van der Waals surface area (Å²) in [5, 5.41) is 4.39. The molecule has 2 aromatic rings. The van der Waals surface area contributed by atoms with Gasteiger partial charge in [-0.2, -0.15) is 5.10 Å². The molecule has 3 rings (SSSR count). The summed E-state index contributed by atoms with van der Waals surface area (Å²) in [5.41, 5.74) is 2.16. The molecule has 4 heteroatoms. The van der Waals surface area contributed by atoms with Gasteiger partial charge in [-0.1, -0.05) is 37.5 Å². The van der Waals surface area contributed by atoms with Crippen molar-refractivity contribution >= 4 is 5.91 Å². The van der Waals surface area contributed by atoms with E-state index in [1.807, 2.05) is 59.4 Å². The highest BCUT2D eigenvalue weighted by atomic mass is 16.2. The van der Waals surface area contributed by atoms with Crippen LogP contribution in [-0.4, -0.2) is 33.7 Å². The minimum atomic E-state index is 0.254. The van der Waals surface area contributed by atoms with Crippen LogP contribution < -0.4 is 0 Å². The van der Waals surface area contributed by atoms with Crippen LogP contribution in [0, 0.1) is 0 Å². The fraction of sp³-hybridized carbons (Fsp3) is 0.474. The summed E-state index contributed by atoms with van der Waals surface area (Å²) in [6.45, 7) is 0. The molecule has 1 aromatic heterocycles. The van der Waals surface area contributed by atoms with Gasteiger partial charge >= 0.3 is 0 Å². The number of hydrogen-bond acceptors (Lipinski definition) is 2. The van der Waals surface area contributed by atoms with Gasteiger partial charge in [0, 0.05) is 25.7 Å². The SMILES string of the molecule is CN(C(=O)CCc1cnn(-c2ccccc2)c1)C1CCCCC1. The van der Waals surface area contributed by atoms with Gasteiger partial charge in [0.05, 0.1) is 11.9 Å². The zero-order valence-electron chi connectivity index (χ0n) is 13.8. The maximum atomic E-state index is 12.4. The Morgan fingerprint density at radius 2 is 1.96 bits per heavy atom. The van der Waals surface area contributed by atoms with Gasteiger partial charge in [0.15, 0.2) is 0 Å². The molecule has 1 amide bonds. The van der Waals surface area contributed by atoms with Crippen molar-refractivity contribution in [2.24, 2.45) is 0 Å². The molecular formula is C19H25N3O. The Bertz CT molecular complexity index is 629. The van der Waals surface area contributed by atoms with Gasteiger partial charge in [-0.25, -0.2) is 4.68 Å². The molecule has 0 unspecified atom stereocenters. The van der Waals surface area contributed by atoms with Crippen LogP contribution in [0.3, 0.4) is 0 Å². The van der Waals surface area contributed by atoms with Gasteiger partial charge in [0.25, 0.3) is 0 Å². The van der Waals surface area contributed by atoms with Crippen molar-refractivity contribution in [3.8, 4) is 5.69 Å². The third-order valence-corrected chi connectivity index (χ3v) is 4.80. The van der Waals surface area contributed by atoms with E-state index in [9.17, 15) is 4.79 Å². The van der Waals surface area contributed by atoms with E-state index in [2.05, 4.69) is 5.10 Å². The number of benzene rings is 1. The first-order valence-electron chi connectivity index (χ1n) is 8.58. The molecule has 1 fully saturated rings. The van der Waals surface area contributed by atoms with Gasteiger partial charge in [-0.3, -0.25) is 4.79 Å². The van der Waals surface area contributed by atoms with E-state index in [1.165, 1.54) is 19.3 Å². The Balaban J connectivity index is 1.54. The summed E-state index contributed by atoms with van der Waals surface area (Å²) in [6.07, 6.45) is 11.3. The molecule has 23 heavy (non-hydrogen) atoms. The number of aromatic nitrogens is 2. The van der Waals surface area contributed by atoms with Gasteiger partial charge < -0.3 is 4.90 Å². The number of carbonyl (C=O) groups is 1. The van der Waals surface area contributed by atoms with Crippen LogP contribution in [0.25, 0.3) is 5.69 Å². The number of para-hydroxylation sites is 1. The van der Waals surface area contributed by atoms with Gasteiger partial charge in [0.2, 0.25) is 5.91 Å². The van der Waals surface area contributed by atoms with Crippen molar-refractivity contribution in [2.45, 2.75) is 51.0 Å². The molecule has 122 valence electrons. The third kappa shape index (κ3) is 4.01. The van der Waals surface area contributed by atoms with Crippen LogP contribution in [0.4, 0.5) is 0 Å². The minimum Gasteiger partial charge on any atom is -0.343 e. The fourth-order valence-corrected chi connectivity index (χ4v) is 3.31. The van der Waals surface area contributed by atoms with Crippen LogP contribution in [0.1, 0.15) is 44.1 Å². The molecule has 1 heterocycles. The molecule has 1 aliphatic rings. The molecule has 0 aliphatic heterocycles. The average molecular weight is 311 g/mol. The monoisotopic (exact) mass is 311 g/mol. The Hall–Kier alpha value is -2.10. The van der Waals surface area contributed by atoms with Gasteiger partial charge in [0.1, 0.15) is 0 Å². The minimum absolute atomic E-state index is 0.254. The zero-order valence-corrected chi connectivity index (χ0v) is 13.8. The lowest BCUT2D eigenvalue weighted by molar-refractivity contribution is -0.132. The molecule has 0 spiro atoms. The Morgan fingerprint density at radius 3 is 2.70 bits per heavy atom. The summed E-state index contributed by atoms with van der Waals surface area (Å²) < 4.78 is 1.87. The molecule has 1 aromatic carbocycles. The maximum absolute atomic E-state index is 12.4. The van der Waals surface area contributed by atoms with Gasteiger partial charge in [-0.05, 0) is 37.0 Å². The number of carbonyl (C=O) groups excluding carboxylic acids is 1. The molecule has 0 radical (unpaired) electrons. The lowest BCUT2D eigenvalue weighted by atomic mass is 9.94. The van der Waals surface area contributed by atoms with Crippen molar-refractivity contribution in [1.82, 2.24) is 14.7 Å². The number of rotatable bonds is 5. The number of amides is 1. The standard InChI is InChI=1S/C19H25N3O/c1-21(17-8-4-2-5-9-17)19(23)13-12-16-14-20-22(15-16)18-10-6-3-7-11-18/h3,6-7,10-11,14-15,17H,2,4-5,8-9,12-13H2,1H3. The second-order valence-corrected chi connectivity index (χ2v) is 6.43. The van der Waals surface area contributed by atoms with Crippen LogP contribution >= 0.6 is 0 Å². The predicted molar refractivity (Wildman–Crippen MR) is 91.5 cm³/mol. The number of aryl methyl sites for hydroxylation is 1. The molecule has 0 saturated heterocycles. The second kappa shape index (κ2) is 7.44. The van der Waals surface area contributed by atoms with E-state index in [0.29, 0.717) is 12.5 Å². The first kappa shape index (κ1) is 15.8. The third-order valence-electron chi connectivity index (χ3n) is 4.80. The van der Waals surface area contributed by atoms with Crippen LogP contribution in [-0.2, 0) is 11.2 Å². The highest BCUT2D eigenvalue weighted by molar-refractivity contribution is 5.76. The Kier molecular flexibility index (Phi) is 5.11. The van der Waals surface area contributed by atoms with E-state index < -0.39 is 0 Å². The lowest BCUT2D eigenvalue weighted by Gasteiger charge is -2.31. The normalized spacial score (nSPS) is 15.5. The van der Waals surface area contributed by atoms with Crippen LogP contribution in [0.15, 0.2) is 42.7 Å². The highest BCUT2D eigenvalue weighted by Crippen LogP contribution is 2.22. The quantitative estimate of drug-likeness (QED) is 0.846. The summed E-state index contributed by atoms with van der Waals surface area (Å²) >= 11 is 0. The van der Waals surface area contributed by atoms with Crippen molar-refractivity contribution in [3.05, 3.63) is 48.3 Å². The second-order valence-electron chi connectivity index (χ2n) is 6.43. The summed E-state index contributed by atoms with van der Waals surface area (Å²) in [4.78, 5) is 14.4. The lowest BCUT2D eigenvalue weighted by Crippen LogP contribution is -2.38. The molecule has 1 aliphatic carbocycles. The van der Waals surface area contributed by atoms with Crippen molar-refractivity contribution in [3.63, 3.8) is 0 Å². The summed E-state index contributed by atoms with van der Waals surface area (Å²) in [7, 11) is 1.96. The maximum Gasteiger partial charge on any atom is 0.222 e. The topological polar surface area (TPSA) is 38.1 Å². The molecule has 0 N–H and O–H groups in total. The molecule has 0 atom stereocenters. The van der Waals surface area contributed by atoms with Crippen LogP contribution in [0.2, 0.25) is 0 Å². The largest absolute Gasteiger partial charge is 0.343 e. The van der Waals surface area contributed by atoms with Crippen LogP contribution in [0.5, 0.6) is 0 Å². The Morgan fingerprint density at radius 1 is 1.22 bits per heavy atom. The first-order chi connectivity index (χ1) is 11.2. The van der Waals surface area contributed by atoms with E-state index in [1.54, 1.807) is 0 Å². The smallest absolute Gasteiger partial charge is 0.222 e. The van der Waals surface area contributed by atoms with Crippen molar-refractivity contribution in [2.75, 3.05) is 7.05 Å². The zero-order chi connectivity index (χ0) is 16.1. The van der Waals surface area contributed by atoms with E-state index in [0.717, 1.165) is 30.5 Å². The molecule has 0 bridgehead atoms. The molecular weight excluding hydrogens is 286 g/mol. The highest BCUT2D eigenvalue weighted by Gasteiger charge is 2.21. The Labute approximate surface area is 138 Å². The molecule has 4 nitrogen and oxygen atoms in total. The van der Waals surface area contributed by atoms with E-state index in [4.69, 9.17) is 0 Å².